The molecule has 0 radical (unpaired) electrons. The van der Waals surface area contributed by atoms with Crippen molar-refractivity contribution in [2.75, 3.05) is 21.3 Å². The Balaban J connectivity index is 1.97. The summed E-state index contributed by atoms with van der Waals surface area (Å²) in [6, 6.07) is 10.0. The van der Waals surface area contributed by atoms with Crippen LogP contribution in [0.4, 0.5) is 0 Å². The molecule has 24 heavy (non-hydrogen) atoms. The molecule has 0 unspecified atom stereocenters. The van der Waals surface area contributed by atoms with Gasteiger partial charge in [-0.05, 0) is 42.8 Å². The minimum absolute atomic E-state index is 0.641. The van der Waals surface area contributed by atoms with E-state index in [1.54, 1.807) is 32.7 Å². The van der Waals surface area contributed by atoms with Crippen molar-refractivity contribution in [2.24, 2.45) is 0 Å². The smallest absolute Gasteiger partial charge is 0.164 e. The summed E-state index contributed by atoms with van der Waals surface area (Å²) >= 11 is 1.66. The van der Waals surface area contributed by atoms with E-state index in [2.05, 4.69) is 30.1 Å². The van der Waals surface area contributed by atoms with E-state index in [0.29, 0.717) is 11.5 Å². The van der Waals surface area contributed by atoms with Crippen molar-refractivity contribution in [3.63, 3.8) is 0 Å². The molecule has 0 spiro atoms. The fraction of sp³-hybridized carbons (Fsp3) is 0.211. The van der Waals surface area contributed by atoms with Crippen LogP contribution in [0, 0.1) is 6.92 Å². The lowest BCUT2D eigenvalue weighted by atomic mass is 10.1. The summed E-state index contributed by atoms with van der Waals surface area (Å²) < 4.78 is 17.3. The fourth-order valence-electron chi connectivity index (χ4n) is 2.47. The van der Waals surface area contributed by atoms with Crippen LogP contribution in [0.25, 0.3) is 22.4 Å². The minimum Gasteiger partial charge on any atom is -0.496 e. The Hall–Kier alpha value is -2.53. The zero-order valence-electron chi connectivity index (χ0n) is 14.1. The first-order chi connectivity index (χ1) is 11.6. The number of hydrogen-bond donors (Lipinski definition) is 0. The summed E-state index contributed by atoms with van der Waals surface area (Å²) in [6.45, 7) is 2.07. The maximum atomic E-state index is 5.45. The van der Waals surface area contributed by atoms with Crippen LogP contribution in [-0.4, -0.2) is 26.3 Å². The maximum absolute atomic E-state index is 5.45. The Morgan fingerprint density at radius 2 is 1.58 bits per heavy atom. The van der Waals surface area contributed by atoms with Crippen LogP contribution in [0.15, 0.2) is 30.3 Å². The highest BCUT2D eigenvalue weighted by Crippen LogP contribution is 2.35. The van der Waals surface area contributed by atoms with E-state index in [4.69, 9.17) is 14.2 Å². The Kier molecular flexibility index (Phi) is 4.71. The molecule has 124 valence electrons. The van der Waals surface area contributed by atoms with Gasteiger partial charge in [0, 0.05) is 11.6 Å². The molecular weight excluding hydrogens is 322 g/mol. The van der Waals surface area contributed by atoms with E-state index in [0.717, 1.165) is 21.8 Å². The second-order valence-corrected chi connectivity index (χ2v) is 6.37. The molecule has 3 rings (SSSR count). The highest BCUT2D eigenvalue weighted by Gasteiger charge is 2.10. The normalized spacial score (nSPS) is 11.2. The minimum atomic E-state index is 0.641. The van der Waals surface area contributed by atoms with Crippen molar-refractivity contribution in [3.8, 4) is 17.2 Å². The van der Waals surface area contributed by atoms with Crippen molar-refractivity contribution < 1.29 is 14.2 Å². The van der Waals surface area contributed by atoms with Gasteiger partial charge in [0.1, 0.15) is 10.8 Å². The number of rotatable bonds is 5. The lowest BCUT2D eigenvalue weighted by Gasteiger charge is -2.11. The van der Waals surface area contributed by atoms with Crippen LogP contribution >= 0.6 is 11.3 Å². The second kappa shape index (κ2) is 6.93. The number of benzene rings is 2. The lowest BCUT2D eigenvalue weighted by molar-refractivity contribution is 0.348. The Morgan fingerprint density at radius 3 is 2.29 bits per heavy atom. The van der Waals surface area contributed by atoms with Crippen molar-refractivity contribution in [1.82, 2.24) is 4.98 Å². The van der Waals surface area contributed by atoms with Gasteiger partial charge in [0.25, 0.3) is 0 Å². The first-order valence-electron chi connectivity index (χ1n) is 7.50. The predicted octanol–water partition coefficient (Wildman–Crippen LogP) is 4.80. The van der Waals surface area contributed by atoms with Crippen LogP contribution in [0.5, 0.6) is 17.2 Å². The third kappa shape index (κ3) is 3.21. The molecule has 5 heteroatoms. The van der Waals surface area contributed by atoms with E-state index in [9.17, 15) is 0 Å². The zero-order chi connectivity index (χ0) is 17.1. The Bertz CT molecular complexity index is 899. The summed E-state index contributed by atoms with van der Waals surface area (Å²) in [5, 5.41) is 0.951. The zero-order valence-corrected chi connectivity index (χ0v) is 14.9. The van der Waals surface area contributed by atoms with Gasteiger partial charge in [0.2, 0.25) is 0 Å². The van der Waals surface area contributed by atoms with Gasteiger partial charge in [-0.3, -0.25) is 0 Å². The van der Waals surface area contributed by atoms with Crippen molar-refractivity contribution >= 4 is 33.7 Å². The summed E-state index contributed by atoms with van der Waals surface area (Å²) in [4.78, 5) is 4.66. The van der Waals surface area contributed by atoms with Crippen molar-refractivity contribution in [2.45, 2.75) is 6.92 Å². The predicted molar refractivity (Wildman–Crippen MR) is 99.4 cm³/mol. The van der Waals surface area contributed by atoms with Crippen LogP contribution < -0.4 is 14.2 Å². The van der Waals surface area contributed by atoms with E-state index >= 15 is 0 Å². The number of fused-ring (bicyclic) bond motifs is 1. The highest BCUT2D eigenvalue weighted by atomic mass is 32.1. The first kappa shape index (κ1) is 16.3. The Labute approximate surface area is 145 Å². The standard InChI is InChI=1S/C19H19NO3S/c1-12-5-7-18-14(9-12)20-19(24-18)8-6-13-10-16(22-3)17(23-4)11-15(13)21-2/h5-11H,1-4H3/b8-6+. The van der Waals surface area contributed by atoms with Crippen molar-refractivity contribution in [3.05, 3.63) is 46.5 Å². The summed E-state index contributed by atoms with van der Waals surface area (Å²) in [7, 11) is 4.86. The van der Waals surface area contributed by atoms with Crippen LogP contribution in [0.3, 0.4) is 0 Å². The van der Waals surface area contributed by atoms with Gasteiger partial charge in [-0.25, -0.2) is 4.98 Å². The molecule has 0 aliphatic heterocycles. The number of thiazole rings is 1. The molecule has 0 saturated heterocycles. The third-order valence-electron chi connectivity index (χ3n) is 3.70. The quantitative estimate of drug-likeness (QED) is 0.668. The van der Waals surface area contributed by atoms with E-state index in [-0.39, 0.29) is 0 Å². The topological polar surface area (TPSA) is 40.6 Å². The van der Waals surface area contributed by atoms with E-state index in [1.807, 2.05) is 24.3 Å². The molecule has 4 nitrogen and oxygen atoms in total. The molecule has 3 aromatic rings. The molecule has 2 aromatic carbocycles. The molecule has 0 aliphatic rings. The van der Waals surface area contributed by atoms with Crippen molar-refractivity contribution in [1.29, 1.82) is 0 Å². The average Bonchev–Trinajstić information content (AvgIpc) is 3.00. The van der Waals surface area contributed by atoms with Gasteiger partial charge in [0.05, 0.1) is 31.5 Å². The second-order valence-electron chi connectivity index (χ2n) is 5.31. The molecule has 0 saturated carbocycles. The van der Waals surface area contributed by atoms with Gasteiger partial charge in [0.15, 0.2) is 11.5 Å². The number of ether oxygens (including phenoxy) is 3. The van der Waals surface area contributed by atoms with Gasteiger partial charge in [-0.15, -0.1) is 11.3 Å². The molecule has 0 fully saturated rings. The largest absolute Gasteiger partial charge is 0.496 e. The van der Waals surface area contributed by atoms with Crippen LogP contribution in [0.1, 0.15) is 16.1 Å². The number of methoxy groups -OCH3 is 3. The average molecular weight is 341 g/mol. The number of nitrogens with zero attached hydrogens (tertiary/aromatic N) is 1. The summed E-state index contributed by atoms with van der Waals surface area (Å²) in [6.07, 6.45) is 3.97. The third-order valence-corrected chi connectivity index (χ3v) is 4.70. The number of hydrogen-bond acceptors (Lipinski definition) is 5. The molecule has 1 heterocycles. The molecule has 0 N–H and O–H groups in total. The first-order valence-corrected chi connectivity index (χ1v) is 8.31. The molecule has 1 aromatic heterocycles. The summed E-state index contributed by atoms with van der Waals surface area (Å²) in [5.41, 5.74) is 3.15. The monoisotopic (exact) mass is 341 g/mol. The van der Waals surface area contributed by atoms with E-state index in [1.165, 1.54) is 10.3 Å². The Morgan fingerprint density at radius 1 is 0.875 bits per heavy atom. The van der Waals surface area contributed by atoms with Gasteiger partial charge >= 0.3 is 0 Å². The molecule has 0 aliphatic carbocycles. The number of aromatic nitrogens is 1. The molecule has 0 atom stereocenters. The van der Waals surface area contributed by atoms with Gasteiger partial charge in [-0.1, -0.05) is 6.07 Å². The van der Waals surface area contributed by atoms with Gasteiger partial charge < -0.3 is 14.2 Å². The molecule has 0 amide bonds. The lowest BCUT2D eigenvalue weighted by Crippen LogP contribution is -1.94. The molecule has 0 bridgehead atoms. The van der Waals surface area contributed by atoms with Crippen LogP contribution in [0.2, 0.25) is 0 Å². The van der Waals surface area contributed by atoms with E-state index < -0.39 is 0 Å². The highest BCUT2D eigenvalue weighted by molar-refractivity contribution is 7.19. The fourth-order valence-corrected chi connectivity index (χ4v) is 3.32. The maximum Gasteiger partial charge on any atom is 0.164 e. The SMILES string of the molecule is COc1cc(OC)c(OC)cc1/C=C/c1nc2cc(C)ccc2s1. The van der Waals surface area contributed by atoms with Crippen LogP contribution in [-0.2, 0) is 0 Å². The summed E-state index contributed by atoms with van der Waals surface area (Å²) in [5.74, 6) is 2.03. The number of aryl methyl sites for hydroxylation is 1. The van der Waals surface area contributed by atoms with Gasteiger partial charge in [-0.2, -0.15) is 0 Å². The molecular formula is C19H19NO3S.